The van der Waals surface area contributed by atoms with E-state index in [0.29, 0.717) is 17.0 Å². The van der Waals surface area contributed by atoms with Crippen LogP contribution >= 0.6 is 0 Å². The largest absolute Gasteiger partial charge is 0.497 e. The maximum Gasteiger partial charge on any atom is 0.255 e. The van der Waals surface area contributed by atoms with E-state index in [1.165, 1.54) is 22.8 Å². The maximum absolute atomic E-state index is 13.7. The number of halogens is 1. The Hall–Kier alpha value is -2.82. The second-order valence-electron chi connectivity index (χ2n) is 4.64. The number of aromatic nitrogens is 1. The molecule has 0 aliphatic heterocycles. The predicted molar refractivity (Wildman–Crippen MR) is 80.5 cm³/mol. The van der Waals surface area contributed by atoms with Gasteiger partial charge in [0.2, 0.25) is 0 Å². The third kappa shape index (κ3) is 2.23. The number of hydrogen-bond acceptors (Lipinski definition) is 3. The molecule has 106 valence electrons. The molecule has 0 spiro atoms. The highest BCUT2D eigenvalue weighted by atomic mass is 19.1. The number of nitrogens with two attached hydrogens (primary N) is 1. The summed E-state index contributed by atoms with van der Waals surface area (Å²) in [6.07, 6.45) is 0. The lowest BCUT2D eigenvalue weighted by molar-refractivity contribution is 0.415. The molecule has 0 amide bonds. The summed E-state index contributed by atoms with van der Waals surface area (Å²) >= 11 is 0. The molecule has 0 saturated heterocycles. The molecule has 0 aliphatic carbocycles. The van der Waals surface area contributed by atoms with Crippen molar-refractivity contribution in [1.29, 1.82) is 0 Å². The molecule has 0 fully saturated rings. The third-order valence-corrected chi connectivity index (χ3v) is 3.34. The van der Waals surface area contributed by atoms with E-state index in [0.717, 1.165) is 5.39 Å². The molecule has 2 aromatic carbocycles. The van der Waals surface area contributed by atoms with E-state index in [1.54, 1.807) is 31.4 Å². The van der Waals surface area contributed by atoms with Crippen LogP contribution in [0.4, 0.5) is 10.1 Å². The highest BCUT2D eigenvalue weighted by molar-refractivity contribution is 5.82. The van der Waals surface area contributed by atoms with Gasteiger partial charge in [-0.2, -0.15) is 0 Å². The summed E-state index contributed by atoms with van der Waals surface area (Å²) in [6, 6.07) is 12.8. The van der Waals surface area contributed by atoms with Gasteiger partial charge in [-0.25, -0.2) is 4.39 Å². The van der Waals surface area contributed by atoms with Crippen molar-refractivity contribution >= 4 is 16.6 Å². The summed E-state index contributed by atoms with van der Waals surface area (Å²) in [6.45, 7) is 0. The number of fused-ring (bicyclic) bond motifs is 1. The zero-order valence-electron chi connectivity index (χ0n) is 11.3. The number of pyridine rings is 1. The Kier molecular flexibility index (Phi) is 3.10. The average molecular weight is 284 g/mol. The number of rotatable bonds is 2. The fraction of sp³-hybridized carbons (Fsp3) is 0.0625. The Bertz CT molecular complexity index is 887. The van der Waals surface area contributed by atoms with E-state index in [1.807, 2.05) is 6.07 Å². The summed E-state index contributed by atoms with van der Waals surface area (Å²) in [7, 11) is 1.58. The fourth-order valence-electron chi connectivity index (χ4n) is 2.27. The molecular formula is C16H13FN2O2. The lowest BCUT2D eigenvalue weighted by Crippen LogP contribution is -2.17. The van der Waals surface area contributed by atoms with Crippen molar-refractivity contribution in [2.24, 2.45) is 0 Å². The number of hydrogen-bond donors (Lipinski definition) is 1. The Labute approximate surface area is 120 Å². The molecule has 3 aromatic rings. The van der Waals surface area contributed by atoms with E-state index < -0.39 is 5.82 Å². The lowest BCUT2D eigenvalue weighted by Gasteiger charge is -2.11. The van der Waals surface area contributed by atoms with Crippen LogP contribution < -0.4 is 16.0 Å². The summed E-state index contributed by atoms with van der Waals surface area (Å²) in [4.78, 5) is 12.2. The molecule has 1 aromatic heterocycles. The van der Waals surface area contributed by atoms with Gasteiger partial charge in [-0.05, 0) is 36.4 Å². The number of nitrogens with zero attached hydrogens (tertiary/aromatic N) is 1. The molecule has 0 atom stereocenters. The highest BCUT2D eigenvalue weighted by Gasteiger charge is 2.08. The summed E-state index contributed by atoms with van der Waals surface area (Å²) in [5, 5.41) is 0.825. The molecule has 0 radical (unpaired) electrons. The molecule has 2 N–H and O–H groups in total. The second-order valence-corrected chi connectivity index (χ2v) is 4.64. The molecule has 0 aliphatic rings. The number of nitrogen functional groups attached to an aromatic ring is 1. The number of benzene rings is 2. The average Bonchev–Trinajstić information content (AvgIpc) is 2.50. The lowest BCUT2D eigenvalue weighted by atomic mass is 10.2. The molecule has 3 rings (SSSR count). The van der Waals surface area contributed by atoms with Crippen molar-refractivity contribution in [1.82, 2.24) is 4.57 Å². The van der Waals surface area contributed by atoms with Gasteiger partial charge in [0, 0.05) is 17.5 Å². The van der Waals surface area contributed by atoms with Gasteiger partial charge < -0.3 is 10.5 Å². The van der Waals surface area contributed by atoms with Gasteiger partial charge in [0.1, 0.15) is 11.6 Å². The Morgan fingerprint density at radius 2 is 1.90 bits per heavy atom. The molecule has 0 bridgehead atoms. The van der Waals surface area contributed by atoms with Crippen molar-refractivity contribution in [2.75, 3.05) is 12.8 Å². The third-order valence-electron chi connectivity index (χ3n) is 3.34. The highest BCUT2D eigenvalue weighted by Crippen LogP contribution is 2.23. The van der Waals surface area contributed by atoms with E-state index in [-0.39, 0.29) is 11.2 Å². The maximum atomic E-state index is 13.7. The summed E-state index contributed by atoms with van der Waals surface area (Å²) in [5.74, 6) is 0.140. The standard InChI is InChI=1S/C16H13FN2O2/c1-21-12-4-6-15-10(8-12)2-7-16(20)19(15)11-3-5-14(18)13(17)9-11/h2-9H,18H2,1H3. The van der Waals surface area contributed by atoms with Crippen molar-refractivity contribution < 1.29 is 9.13 Å². The van der Waals surface area contributed by atoms with E-state index in [2.05, 4.69) is 0 Å². The van der Waals surface area contributed by atoms with Crippen molar-refractivity contribution in [3.05, 3.63) is 64.7 Å². The van der Waals surface area contributed by atoms with Gasteiger partial charge in [-0.3, -0.25) is 9.36 Å². The van der Waals surface area contributed by atoms with Crippen LogP contribution in [0.15, 0.2) is 53.3 Å². The van der Waals surface area contributed by atoms with Crippen LogP contribution in [0, 0.1) is 5.82 Å². The first-order chi connectivity index (χ1) is 10.1. The minimum atomic E-state index is -0.551. The molecule has 21 heavy (non-hydrogen) atoms. The van der Waals surface area contributed by atoms with Crippen molar-refractivity contribution in [3.63, 3.8) is 0 Å². The Morgan fingerprint density at radius 1 is 1.10 bits per heavy atom. The van der Waals surface area contributed by atoms with Crippen LogP contribution in [0.5, 0.6) is 5.75 Å². The normalized spacial score (nSPS) is 10.8. The van der Waals surface area contributed by atoms with Crippen LogP contribution in [0.25, 0.3) is 16.6 Å². The SMILES string of the molecule is COc1ccc2c(ccc(=O)n2-c2ccc(N)c(F)c2)c1. The van der Waals surface area contributed by atoms with E-state index in [9.17, 15) is 9.18 Å². The molecule has 5 heteroatoms. The molecule has 0 unspecified atom stereocenters. The first-order valence-electron chi connectivity index (χ1n) is 6.35. The van der Waals surface area contributed by atoms with Crippen LogP contribution in [-0.2, 0) is 0 Å². The first-order valence-corrected chi connectivity index (χ1v) is 6.35. The van der Waals surface area contributed by atoms with E-state index in [4.69, 9.17) is 10.5 Å². The number of ether oxygens (including phenoxy) is 1. The monoisotopic (exact) mass is 284 g/mol. The van der Waals surface area contributed by atoms with Gasteiger partial charge in [0.05, 0.1) is 24.0 Å². The van der Waals surface area contributed by atoms with Crippen LogP contribution in [0.3, 0.4) is 0 Å². The van der Waals surface area contributed by atoms with Crippen LogP contribution in [-0.4, -0.2) is 11.7 Å². The zero-order valence-corrected chi connectivity index (χ0v) is 11.3. The molecule has 0 saturated carbocycles. The topological polar surface area (TPSA) is 57.2 Å². The summed E-state index contributed by atoms with van der Waals surface area (Å²) in [5.41, 5.74) is 6.39. The minimum Gasteiger partial charge on any atom is -0.497 e. The Morgan fingerprint density at radius 3 is 2.62 bits per heavy atom. The van der Waals surface area contributed by atoms with Crippen molar-refractivity contribution in [3.8, 4) is 11.4 Å². The van der Waals surface area contributed by atoms with Gasteiger partial charge in [-0.15, -0.1) is 0 Å². The van der Waals surface area contributed by atoms with Crippen LogP contribution in [0.1, 0.15) is 0 Å². The van der Waals surface area contributed by atoms with Gasteiger partial charge in [-0.1, -0.05) is 0 Å². The van der Waals surface area contributed by atoms with Gasteiger partial charge in [0.15, 0.2) is 0 Å². The van der Waals surface area contributed by atoms with Gasteiger partial charge in [0.25, 0.3) is 5.56 Å². The molecular weight excluding hydrogens is 271 g/mol. The smallest absolute Gasteiger partial charge is 0.255 e. The quantitative estimate of drug-likeness (QED) is 0.736. The molecule has 4 nitrogen and oxygen atoms in total. The fourth-order valence-corrected chi connectivity index (χ4v) is 2.27. The second kappa shape index (κ2) is 4.94. The first kappa shape index (κ1) is 13.2. The van der Waals surface area contributed by atoms with Crippen molar-refractivity contribution in [2.45, 2.75) is 0 Å². The van der Waals surface area contributed by atoms with Gasteiger partial charge >= 0.3 is 0 Å². The van der Waals surface area contributed by atoms with E-state index >= 15 is 0 Å². The summed E-state index contributed by atoms with van der Waals surface area (Å²) < 4.78 is 20.3. The number of methoxy groups -OCH3 is 1. The molecule has 1 heterocycles. The zero-order chi connectivity index (χ0) is 15.0. The predicted octanol–water partition coefficient (Wildman–Crippen LogP) is 2.72. The number of anilines is 1. The Balaban J connectivity index is 2.32. The minimum absolute atomic E-state index is 0.0497. The van der Waals surface area contributed by atoms with Crippen LogP contribution in [0.2, 0.25) is 0 Å².